The fourth-order valence-corrected chi connectivity index (χ4v) is 3.34. The Hall–Kier alpha value is -2.26. The summed E-state index contributed by atoms with van der Waals surface area (Å²) in [6, 6.07) is 5.82. The summed E-state index contributed by atoms with van der Waals surface area (Å²) < 4.78 is 16.2. The first-order valence-electron chi connectivity index (χ1n) is 10.0. The third-order valence-corrected chi connectivity index (χ3v) is 9.39. The highest BCUT2D eigenvalue weighted by Crippen LogP contribution is 2.38. The van der Waals surface area contributed by atoms with E-state index in [9.17, 15) is 9.59 Å². The lowest BCUT2D eigenvalue weighted by Gasteiger charge is -2.37. The predicted molar refractivity (Wildman–Crippen MR) is 117 cm³/mol. The Bertz CT molecular complexity index is 766. The number of hydrogen-bond acceptors (Lipinski definition) is 5. The van der Waals surface area contributed by atoms with Gasteiger partial charge >= 0.3 is 11.9 Å². The van der Waals surface area contributed by atoms with Crippen molar-refractivity contribution in [3.8, 4) is 17.6 Å². The molecule has 1 rings (SSSR count). The molecule has 0 saturated carbocycles. The number of benzene rings is 1. The van der Waals surface area contributed by atoms with Crippen LogP contribution < -0.4 is 4.43 Å². The van der Waals surface area contributed by atoms with Crippen molar-refractivity contribution >= 4 is 20.3 Å². The molecule has 1 aromatic rings. The van der Waals surface area contributed by atoms with E-state index < -0.39 is 8.32 Å². The van der Waals surface area contributed by atoms with E-state index in [2.05, 4.69) is 50.4 Å². The number of hydrogen-bond donors (Lipinski definition) is 0. The largest absolute Gasteiger partial charge is 0.543 e. The summed E-state index contributed by atoms with van der Waals surface area (Å²) in [5, 5.41) is 0.0672. The second-order valence-corrected chi connectivity index (χ2v) is 13.1. The Labute approximate surface area is 176 Å². The summed E-state index contributed by atoms with van der Waals surface area (Å²) >= 11 is 0. The minimum Gasteiger partial charge on any atom is -0.543 e. The van der Waals surface area contributed by atoms with Crippen LogP contribution in [-0.4, -0.2) is 34.0 Å². The average molecular weight is 419 g/mol. The molecule has 6 heteroatoms. The third-order valence-electron chi connectivity index (χ3n) is 5.05. The van der Waals surface area contributed by atoms with Crippen molar-refractivity contribution in [2.45, 2.75) is 71.5 Å². The molecule has 0 saturated heterocycles. The van der Waals surface area contributed by atoms with Gasteiger partial charge in [0.25, 0.3) is 0 Å². The van der Waals surface area contributed by atoms with Crippen molar-refractivity contribution in [3.63, 3.8) is 0 Å². The highest BCUT2D eigenvalue weighted by molar-refractivity contribution is 6.74. The van der Waals surface area contributed by atoms with Crippen LogP contribution in [0.5, 0.6) is 5.75 Å². The van der Waals surface area contributed by atoms with Crippen LogP contribution in [0.2, 0.25) is 18.1 Å². The van der Waals surface area contributed by atoms with E-state index >= 15 is 0 Å². The van der Waals surface area contributed by atoms with Crippen molar-refractivity contribution in [2.75, 3.05) is 13.7 Å². The molecule has 0 atom stereocenters. The SMILES string of the molecule is CCOC(=O)CCc1cc(C#CCCC(=O)OC)ccc1O[Si](C)(C)C(C)(C)C. The Morgan fingerprint density at radius 3 is 2.38 bits per heavy atom. The van der Waals surface area contributed by atoms with Gasteiger partial charge in [-0.15, -0.1) is 0 Å². The zero-order valence-electron chi connectivity index (χ0n) is 18.8. The van der Waals surface area contributed by atoms with Crippen molar-refractivity contribution < 1.29 is 23.5 Å². The van der Waals surface area contributed by atoms with Crippen LogP contribution in [0, 0.1) is 11.8 Å². The van der Waals surface area contributed by atoms with E-state index in [0.717, 1.165) is 16.9 Å². The van der Waals surface area contributed by atoms with Gasteiger partial charge in [0.15, 0.2) is 0 Å². The maximum Gasteiger partial charge on any atom is 0.306 e. The van der Waals surface area contributed by atoms with E-state index in [0.29, 0.717) is 25.9 Å². The van der Waals surface area contributed by atoms with Crippen molar-refractivity contribution in [2.24, 2.45) is 0 Å². The van der Waals surface area contributed by atoms with Gasteiger partial charge in [0.05, 0.1) is 20.1 Å². The Morgan fingerprint density at radius 1 is 1.10 bits per heavy atom. The molecule has 5 nitrogen and oxygen atoms in total. The first-order chi connectivity index (χ1) is 13.5. The standard InChI is InChI=1S/C23H34O5Si/c1-8-27-22(25)16-14-19-17-18(11-9-10-12-21(24)26-5)13-15-20(19)28-29(6,7)23(2,3)4/h13,15,17H,8,10,12,14,16H2,1-7H3. The summed E-state index contributed by atoms with van der Waals surface area (Å²) in [5.41, 5.74) is 1.78. The zero-order valence-corrected chi connectivity index (χ0v) is 19.8. The Kier molecular flexibility index (Phi) is 9.45. The van der Waals surface area contributed by atoms with E-state index in [1.807, 2.05) is 18.2 Å². The molecule has 0 spiro atoms. The van der Waals surface area contributed by atoms with Crippen LogP contribution in [-0.2, 0) is 25.5 Å². The molecule has 160 valence electrons. The number of methoxy groups -OCH3 is 1. The first kappa shape index (κ1) is 24.8. The van der Waals surface area contributed by atoms with Crippen LogP contribution >= 0.6 is 0 Å². The number of rotatable bonds is 8. The topological polar surface area (TPSA) is 61.8 Å². The van der Waals surface area contributed by atoms with Crippen molar-refractivity contribution in [1.82, 2.24) is 0 Å². The molecule has 0 bridgehead atoms. The smallest absolute Gasteiger partial charge is 0.306 e. The number of carbonyl (C=O) groups excluding carboxylic acids is 2. The van der Waals surface area contributed by atoms with Gasteiger partial charge in [-0.3, -0.25) is 9.59 Å². The minimum atomic E-state index is -2.02. The minimum absolute atomic E-state index is 0.0672. The lowest BCUT2D eigenvalue weighted by atomic mass is 10.1. The van der Waals surface area contributed by atoms with Crippen LogP contribution in [0.4, 0.5) is 0 Å². The highest BCUT2D eigenvalue weighted by atomic mass is 28.4. The van der Waals surface area contributed by atoms with E-state index in [4.69, 9.17) is 9.16 Å². The number of ether oxygens (including phenoxy) is 2. The molecule has 0 amide bonds. The summed E-state index contributed by atoms with van der Waals surface area (Å²) in [6.45, 7) is 13.1. The van der Waals surface area contributed by atoms with Gasteiger partial charge in [-0.2, -0.15) is 0 Å². The van der Waals surface area contributed by atoms with Crippen molar-refractivity contribution in [1.29, 1.82) is 0 Å². The maximum atomic E-state index is 11.8. The summed E-state index contributed by atoms with van der Waals surface area (Å²) in [4.78, 5) is 23.0. The molecule has 0 radical (unpaired) electrons. The Balaban J connectivity index is 3.06. The molecule has 0 aliphatic heterocycles. The summed E-state index contributed by atoms with van der Waals surface area (Å²) in [6.07, 6.45) is 1.53. The molecular weight excluding hydrogens is 384 g/mol. The van der Waals surface area contributed by atoms with Gasteiger partial charge in [0, 0.05) is 18.4 Å². The van der Waals surface area contributed by atoms with Gasteiger partial charge in [-0.05, 0) is 55.2 Å². The van der Waals surface area contributed by atoms with Gasteiger partial charge < -0.3 is 13.9 Å². The number of esters is 2. The lowest BCUT2D eigenvalue weighted by molar-refractivity contribution is -0.143. The summed E-state index contributed by atoms with van der Waals surface area (Å²) in [5.74, 6) is 6.39. The predicted octanol–water partition coefficient (Wildman–Crippen LogP) is 4.87. The number of carbonyl (C=O) groups is 2. The van der Waals surface area contributed by atoms with Gasteiger partial charge in [-0.25, -0.2) is 0 Å². The molecule has 0 aromatic heterocycles. The van der Waals surface area contributed by atoms with E-state index in [-0.39, 0.29) is 23.4 Å². The first-order valence-corrected chi connectivity index (χ1v) is 12.9. The molecule has 0 aliphatic rings. The second kappa shape index (κ2) is 11.1. The molecule has 0 heterocycles. The molecule has 0 aliphatic carbocycles. The summed E-state index contributed by atoms with van der Waals surface area (Å²) in [7, 11) is -0.650. The van der Waals surface area contributed by atoms with E-state index in [1.165, 1.54) is 7.11 Å². The molecule has 0 unspecified atom stereocenters. The molecule has 0 N–H and O–H groups in total. The van der Waals surface area contributed by atoms with Crippen molar-refractivity contribution in [3.05, 3.63) is 29.3 Å². The van der Waals surface area contributed by atoms with E-state index in [1.54, 1.807) is 6.92 Å². The van der Waals surface area contributed by atoms with Crippen LogP contribution in [0.25, 0.3) is 0 Å². The second-order valence-electron chi connectivity index (χ2n) is 8.37. The average Bonchev–Trinajstić information content (AvgIpc) is 2.63. The molecule has 29 heavy (non-hydrogen) atoms. The fraction of sp³-hybridized carbons (Fsp3) is 0.565. The van der Waals surface area contributed by atoms with Gasteiger partial charge in [-0.1, -0.05) is 32.6 Å². The Morgan fingerprint density at radius 2 is 1.79 bits per heavy atom. The van der Waals surface area contributed by atoms with Gasteiger partial charge in [0.2, 0.25) is 8.32 Å². The lowest BCUT2D eigenvalue weighted by Crippen LogP contribution is -2.44. The molecular formula is C23H34O5Si. The monoisotopic (exact) mass is 418 g/mol. The fourth-order valence-electron chi connectivity index (χ4n) is 2.28. The highest BCUT2D eigenvalue weighted by Gasteiger charge is 2.39. The number of aryl methyl sites for hydroxylation is 1. The maximum absolute atomic E-state index is 11.8. The molecule has 1 aromatic carbocycles. The third kappa shape index (κ3) is 8.32. The normalized spacial score (nSPS) is 11.3. The molecule has 0 fully saturated rings. The van der Waals surface area contributed by atoms with Crippen LogP contribution in [0.15, 0.2) is 18.2 Å². The van der Waals surface area contributed by atoms with Gasteiger partial charge in [0.1, 0.15) is 5.75 Å². The quantitative estimate of drug-likeness (QED) is 0.342. The van der Waals surface area contributed by atoms with Crippen LogP contribution in [0.3, 0.4) is 0 Å². The zero-order chi connectivity index (χ0) is 22.1. The van der Waals surface area contributed by atoms with Crippen LogP contribution in [0.1, 0.15) is 58.1 Å².